The number of ether oxygens (including phenoxy) is 3. The Hall–Kier alpha value is -3.58. The molecule has 0 aromatic heterocycles. The molecule has 274 valence electrons. The van der Waals surface area contributed by atoms with E-state index in [2.05, 4.69) is 23.4 Å². The van der Waals surface area contributed by atoms with Crippen LogP contribution in [-0.4, -0.2) is 126 Å². The van der Waals surface area contributed by atoms with Crippen molar-refractivity contribution in [2.24, 2.45) is 17.8 Å². The molecule has 1 spiro atoms. The molecule has 0 unspecified atom stereocenters. The number of carbonyl (C=O) groups is 4. The molecule has 5 rings (SSSR count). The summed E-state index contributed by atoms with van der Waals surface area (Å²) in [6.45, 7) is 15.3. The van der Waals surface area contributed by atoms with Crippen LogP contribution in [0.3, 0.4) is 0 Å². The summed E-state index contributed by atoms with van der Waals surface area (Å²) in [7, 11) is 0. The molecule has 2 N–H and O–H groups in total. The fourth-order valence-corrected chi connectivity index (χ4v) is 8.19. The number of nitrogens with one attached hydrogen (secondary N) is 1. The minimum atomic E-state index is -1.22. The summed E-state index contributed by atoms with van der Waals surface area (Å²) in [5, 5.41) is 13.8. The van der Waals surface area contributed by atoms with Gasteiger partial charge in [0.15, 0.2) is 0 Å². The molecule has 4 saturated heterocycles. The van der Waals surface area contributed by atoms with Gasteiger partial charge in [0.25, 0.3) is 0 Å². The van der Waals surface area contributed by atoms with Crippen molar-refractivity contribution in [3.63, 3.8) is 0 Å². The lowest BCUT2D eigenvalue weighted by molar-refractivity contribution is -0.152. The summed E-state index contributed by atoms with van der Waals surface area (Å²) in [5.41, 5.74) is -0.472. The molecular weight excluding hydrogens is 640 g/mol. The molecular formula is C38H54N4O8. The SMILES string of the molecule is C=CCCC(=O)OC[C@@H](NC(=O)[C@@H]1[C@@H]2CC[C@]3(O2)[C@H](C(=O)N(CC=C)CCN2CCOCC2)N([C@@H](CO)[C@@H](C)CC)C(=O)[C@@H]13)c1ccccc1. The molecule has 12 nitrogen and oxygen atoms in total. The zero-order valence-corrected chi connectivity index (χ0v) is 29.5. The lowest BCUT2D eigenvalue weighted by atomic mass is 9.70. The number of benzene rings is 1. The molecule has 0 saturated carbocycles. The monoisotopic (exact) mass is 694 g/mol. The van der Waals surface area contributed by atoms with Gasteiger partial charge in [-0.15, -0.1) is 13.2 Å². The van der Waals surface area contributed by atoms with Crippen LogP contribution in [0, 0.1) is 17.8 Å². The largest absolute Gasteiger partial charge is 0.463 e. The minimum Gasteiger partial charge on any atom is -0.463 e. The van der Waals surface area contributed by atoms with Crippen molar-refractivity contribution in [1.82, 2.24) is 20.0 Å². The van der Waals surface area contributed by atoms with Crippen molar-refractivity contribution in [1.29, 1.82) is 0 Å². The number of morpholine rings is 1. The Kier molecular flexibility index (Phi) is 12.9. The molecule has 1 aromatic rings. The highest BCUT2D eigenvalue weighted by Gasteiger charge is 2.75. The van der Waals surface area contributed by atoms with Gasteiger partial charge in [0, 0.05) is 39.1 Å². The number of allylic oxidation sites excluding steroid dienone is 1. The Morgan fingerprint density at radius 2 is 1.92 bits per heavy atom. The van der Waals surface area contributed by atoms with Crippen molar-refractivity contribution < 1.29 is 38.5 Å². The summed E-state index contributed by atoms with van der Waals surface area (Å²) >= 11 is 0. The number of hydrogen-bond donors (Lipinski definition) is 2. The summed E-state index contributed by atoms with van der Waals surface area (Å²) in [4.78, 5) is 61.8. The Morgan fingerprint density at radius 3 is 2.58 bits per heavy atom. The number of carbonyl (C=O) groups excluding carboxylic acids is 4. The van der Waals surface area contributed by atoms with E-state index in [1.807, 2.05) is 44.2 Å². The first-order chi connectivity index (χ1) is 24.2. The van der Waals surface area contributed by atoms with Gasteiger partial charge in [-0.05, 0) is 30.7 Å². The molecule has 0 aliphatic carbocycles. The third-order valence-electron chi connectivity index (χ3n) is 11.1. The maximum atomic E-state index is 14.8. The van der Waals surface area contributed by atoms with Crippen LogP contribution in [0.5, 0.6) is 0 Å². The first-order valence-corrected chi connectivity index (χ1v) is 18.1. The van der Waals surface area contributed by atoms with E-state index in [0.717, 1.165) is 18.7 Å². The van der Waals surface area contributed by atoms with Crippen molar-refractivity contribution >= 4 is 23.7 Å². The van der Waals surface area contributed by atoms with Crippen LogP contribution in [0.1, 0.15) is 57.6 Å². The van der Waals surface area contributed by atoms with Crippen LogP contribution in [-0.2, 0) is 33.4 Å². The Bertz CT molecular complexity index is 1370. The van der Waals surface area contributed by atoms with Crippen LogP contribution in [0.2, 0.25) is 0 Å². The van der Waals surface area contributed by atoms with Gasteiger partial charge >= 0.3 is 5.97 Å². The van der Waals surface area contributed by atoms with E-state index in [-0.39, 0.29) is 43.9 Å². The summed E-state index contributed by atoms with van der Waals surface area (Å²) in [6, 6.07) is 6.94. The van der Waals surface area contributed by atoms with Gasteiger partial charge in [0.1, 0.15) is 18.2 Å². The van der Waals surface area contributed by atoms with E-state index >= 15 is 0 Å². The standard InChI is InChI=1S/C38H54N4O8/c1-5-8-14-31(44)49-25-28(27-12-10-9-11-13-27)39-35(45)32-30-15-16-38(50-30)33(32)36(46)42(29(24-43)26(4)7-3)34(38)37(47)41(17-6-2)19-18-40-20-22-48-23-21-40/h5-6,9-13,26,28-30,32-34,43H,1-2,7-8,14-25H2,3-4H3,(H,39,45)/t26-,28+,29-,30-,32+,33+,34-,38+/m0/s1. The molecule has 4 fully saturated rings. The van der Waals surface area contributed by atoms with E-state index in [0.29, 0.717) is 52.0 Å². The second-order valence-corrected chi connectivity index (χ2v) is 13.9. The van der Waals surface area contributed by atoms with Gasteiger partial charge in [0.05, 0.1) is 49.8 Å². The normalized spacial score (nSPS) is 27.7. The van der Waals surface area contributed by atoms with E-state index in [1.54, 1.807) is 22.0 Å². The molecule has 4 aliphatic rings. The maximum Gasteiger partial charge on any atom is 0.306 e. The van der Waals surface area contributed by atoms with Gasteiger partial charge in [-0.2, -0.15) is 0 Å². The summed E-state index contributed by atoms with van der Waals surface area (Å²) in [5.74, 6) is -3.28. The lowest BCUT2D eigenvalue weighted by Gasteiger charge is -2.41. The van der Waals surface area contributed by atoms with E-state index in [1.165, 1.54) is 0 Å². The maximum absolute atomic E-state index is 14.8. The van der Waals surface area contributed by atoms with Gasteiger partial charge < -0.3 is 34.4 Å². The molecule has 2 bridgehead atoms. The first-order valence-electron chi connectivity index (χ1n) is 18.1. The van der Waals surface area contributed by atoms with Crippen LogP contribution in [0.15, 0.2) is 55.6 Å². The second-order valence-electron chi connectivity index (χ2n) is 13.9. The smallest absolute Gasteiger partial charge is 0.306 e. The molecule has 12 heteroatoms. The predicted octanol–water partition coefficient (Wildman–Crippen LogP) is 2.48. The molecule has 8 atom stereocenters. The van der Waals surface area contributed by atoms with Crippen LogP contribution in [0.4, 0.5) is 0 Å². The van der Waals surface area contributed by atoms with E-state index in [9.17, 15) is 24.3 Å². The van der Waals surface area contributed by atoms with Gasteiger partial charge in [-0.3, -0.25) is 24.1 Å². The van der Waals surface area contributed by atoms with Crippen LogP contribution in [0.25, 0.3) is 0 Å². The molecule has 4 aliphatic heterocycles. The summed E-state index contributed by atoms with van der Waals surface area (Å²) < 4.78 is 17.8. The van der Waals surface area contributed by atoms with Crippen molar-refractivity contribution in [2.45, 2.75) is 75.8 Å². The molecule has 4 heterocycles. The number of hydrogen-bond acceptors (Lipinski definition) is 9. The average molecular weight is 695 g/mol. The number of aliphatic hydroxyl groups excluding tert-OH is 1. The third kappa shape index (κ3) is 7.68. The second kappa shape index (κ2) is 17.1. The highest BCUT2D eigenvalue weighted by atomic mass is 16.5. The fraction of sp³-hybridized carbons (Fsp3) is 0.632. The Balaban J connectivity index is 1.44. The zero-order chi connectivity index (χ0) is 35.8. The summed E-state index contributed by atoms with van der Waals surface area (Å²) in [6.07, 6.45) is 5.05. The Labute approximate surface area is 295 Å². The molecule has 0 radical (unpaired) electrons. The van der Waals surface area contributed by atoms with Gasteiger partial charge in [-0.25, -0.2) is 0 Å². The lowest BCUT2D eigenvalue weighted by Crippen LogP contribution is -2.60. The number of aliphatic hydroxyl groups is 1. The third-order valence-corrected chi connectivity index (χ3v) is 11.1. The van der Waals surface area contributed by atoms with E-state index in [4.69, 9.17) is 14.2 Å². The van der Waals surface area contributed by atoms with Gasteiger partial charge in [-0.1, -0.05) is 62.8 Å². The van der Waals surface area contributed by atoms with Crippen LogP contribution < -0.4 is 5.32 Å². The molecule has 50 heavy (non-hydrogen) atoms. The van der Waals surface area contributed by atoms with Gasteiger partial charge in [0.2, 0.25) is 17.7 Å². The zero-order valence-electron chi connectivity index (χ0n) is 29.5. The Morgan fingerprint density at radius 1 is 1.18 bits per heavy atom. The number of nitrogens with zero attached hydrogens (tertiary/aromatic N) is 3. The molecule has 3 amide bonds. The highest BCUT2D eigenvalue weighted by molar-refractivity contribution is 5.99. The first kappa shape index (κ1) is 37.7. The predicted molar refractivity (Wildman–Crippen MR) is 187 cm³/mol. The molecule has 1 aromatic carbocycles. The number of esters is 1. The minimum absolute atomic E-state index is 0.0821. The topological polar surface area (TPSA) is 138 Å². The average Bonchev–Trinajstić information content (AvgIpc) is 3.79. The highest BCUT2D eigenvalue weighted by Crippen LogP contribution is 2.59. The number of rotatable bonds is 18. The fourth-order valence-electron chi connectivity index (χ4n) is 8.19. The number of likely N-dealkylation sites (tertiary alicyclic amines) is 1. The van der Waals surface area contributed by atoms with Crippen molar-refractivity contribution in [3.05, 3.63) is 61.2 Å². The van der Waals surface area contributed by atoms with Crippen molar-refractivity contribution in [2.75, 3.05) is 59.2 Å². The number of fused-ring (bicyclic) bond motifs is 1. The van der Waals surface area contributed by atoms with Crippen LogP contribution >= 0.6 is 0 Å². The quantitative estimate of drug-likeness (QED) is 0.175. The number of amides is 3. The van der Waals surface area contributed by atoms with E-state index < -0.39 is 53.5 Å². The van der Waals surface area contributed by atoms with Crippen molar-refractivity contribution in [3.8, 4) is 0 Å².